The molecule has 196 valence electrons. The molecular weight excluding hydrogens is 480 g/mol. The minimum atomic E-state index is -0.362. The molecule has 0 unspecified atom stereocenters. The topological polar surface area (TPSA) is 111 Å². The predicted octanol–water partition coefficient (Wildman–Crippen LogP) is 4.68. The molecule has 1 aromatic carbocycles. The lowest BCUT2D eigenvalue weighted by molar-refractivity contribution is -0.117. The molecule has 0 saturated heterocycles. The summed E-state index contributed by atoms with van der Waals surface area (Å²) in [4.78, 5) is 38.8. The molecule has 0 saturated carbocycles. The first-order chi connectivity index (χ1) is 18.4. The highest BCUT2D eigenvalue weighted by Crippen LogP contribution is 2.29. The van der Waals surface area contributed by atoms with Crippen LogP contribution in [0.1, 0.15) is 53.7 Å². The van der Waals surface area contributed by atoms with Gasteiger partial charge >= 0.3 is 0 Å². The maximum absolute atomic E-state index is 12.9. The first-order valence-corrected chi connectivity index (χ1v) is 12.6. The van der Waals surface area contributed by atoms with Crippen LogP contribution in [0.5, 0.6) is 0 Å². The van der Waals surface area contributed by atoms with Crippen LogP contribution in [0.15, 0.2) is 67.1 Å². The molecule has 0 aliphatic heterocycles. The molecule has 0 bridgehead atoms. The van der Waals surface area contributed by atoms with Gasteiger partial charge in [-0.05, 0) is 50.1 Å². The highest BCUT2D eigenvalue weighted by Gasteiger charge is 2.20. The highest BCUT2D eigenvalue weighted by molar-refractivity contribution is 6.04. The summed E-state index contributed by atoms with van der Waals surface area (Å²) in [7, 11) is 1.57. The number of ether oxygens (including phenoxy) is 1. The summed E-state index contributed by atoms with van der Waals surface area (Å²) in [5.41, 5.74) is 4.85. The monoisotopic (exact) mass is 512 g/mol. The Kier molecular flexibility index (Phi) is 8.60. The fourth-order valence-corrected chi connectivity index (χ4v) is 4.26. The third kappa shape index (κ3) is 6.12. The number of pyridine rings is 1. The number of anilines is 1. The van der Waals surface area contributed by atoms with Crippen molar-refractivity contribution in [2.75, 3.05) is 19.0 Å². The van der Waals surface area contributed by atoms with Gasteiger partial charge in [0.1, 0.15) is 11.6 Å². The summed E-state index contributed by atoms with van der Waals surface area (Å²) in [6.45, 7) is 6.28. The minimum Gasteiger partial charge on any atom is -0.381 e. The molecule has 0 aliphatic carbocycles. The first kappa shape index (κ1) is 26.7. The third-order valence-electron chi connectivity index (χ3n) is 6.07. The summed E-state index contributed by atoms with van der Waals surface area (Å²) in [6.07, 6.45) is 10.3. The van der Waals surface area contributed by atoms with E-state index in [0.717, 1.165) is 40.9 Å². The Morgan fingerprint density at radius 1 is 1.13 bits per heavy atom. The van der Waals surface area contributed by atoms with Gasteiger partial charge in [0.25, 0.3) is 5.91 Å². The zero-order chi connectivity index (χ0) is 27.1. The molecule has 9 nitrogen and oxygen atoms in total. The van der Waals surface area contributed by atoms with Gasteiger partial charge in [0.2, 0.25) is 5.91 Å². The number of hydrogen-bond donors (Lipinski definition) is 2. The number of nitrogens with one attached hydrogen (secondary N) is 2. The Hall–Kier alpha value is -4.37. The van der Waals surface area contributed by atoms with E-state index in [9.17, 15) is 9.59 Å². The van der Waals surface area contributed by atoms with Gasteiger partial charge in [-0.3, -0.25) is 19.0 Å². The lowest BCUT2D eigenvalue weighted by atomic mass is 10.1. The lowest BCUT2D eigenvalue weighted by Crippen LogP contribution is -2.26. The number of hydrogen-bond acceptors (Lipinski definition) is 6. The SMILES string of the molecule is CCCc1ccnc(NC(=O)c2ccc(-c3nc([C@H](C)NC(=O)/C=C/COC)n4ccnc(C)c34)cc2)c1. The van der Waals surface area contributed by atoms with Crippen molar-refractivity contribution in [3.63, 3.8) is 0 Å². The summed E-state index contributed by atoms with van der Waals surface area (Å²) < 4.78 is 6.89. The summed E-state index contributed by atoms with van der Waals surface area (Å²) >= 11 is 0. The number of methoxy groups -OCH3 is 1. The number of aromatic nitrogens is 4. The van der Waals surface area contributed by atoms with Gasteiger partial charge < -0.3 is 15.4 Å². The van der Waals surface area contributed by atoms with E-state index in [1.54, 1.807) is 37.7 Å². The second kappa shape index (κ2) is 12.2. The number of carbonyl (C=O) groups excluding carboxylic acids is 2. The molecule has 2 amide bonds. The zero-order valence-corrected chi connectivity index (χ0v) is 22.1. The van der Waals surface area contributed by atoms with E-state index >= 15 is 0 Å². The molecule has 0 aliphatic rings. The molecule has 3 aromatic heterocycles. The number of benzene rings is 1. The highest BCUT2D eigenvalue weighted by atomic mass is 16.5. The predicted molar refractivity (Wildman–Crippen MR) is 147 cm³/mol. The number of amides is 2. The Bertz CT molecular complexity index is 1460. The van der Waals surface area contributed by atoms with Crippen LogP contribution in [-0.2, 0) is 16.0 Å². The van der Waals surface area contributed by atoms with Crippen molar-refractivity contribution < 1.29 is 14.3 Å². The number of rotatable bonds is 10. The number of nitrogens with zero attached hydrogens (tertiary/aromatic N) is 4. The third-order valence-corrected chi connectivity index (χ3v) is 6.07. The largest absolute Gasteiger partial charge is 0.381 e. The average Bonchev–Trinajstić information content (AvgIpc) is 3.30. The van der Waals surface area contributed by atoms with Crippen molar-refractivity contribution in [2.45, 2.75) is 39.7 Å². The van der Waals surface area contributed by atoms with Crippen molar-refractivity contribution in [3.05, 3.63) is 89.8 Å². The fraction of sp³-hybridized carbons (Fsp3) is 0.276. The van der Waals surface area contributed by atoms with Crippen LogP contribution in [0.3, 0.4) is 0 Å². The molecule has 4 aromatic rings. The van der Waals surface area contributed by atoms with E-state index in [4.69, 9.17) is 9.72 Å². The number of fused-ring (bicyclic) bond motifs is 1. The summed E-state index contributed by atoms with van der Waals surface area (Å²) in [5.74, 6) is 0.742. The molecule has 4 rings (SSSR count). The number of aryl methyl sites for hydroxylation is 2. The van der Waals surface area contributed by atoms with Crippen molar-refractivity contribution in [1.29, 1.82) is 0 Å². The average molecular weight is 513 g/mol. The van der Waals surface area contributed by atoms with Crippen molar-refractivity contribution in [2.24, 2.45) is 0 Å². The van der Waals surface area contributed by atoms with E-state index in [0.29, 0.717) is 23.8 Å². The molecule has 0 spiro atoms. The Balaban J connectivity index is 1.58. The van der Waals surface area contributed by atoms with Gasteiger partial charge in [-0.25, -0.2) is 9.97 Å². The quantitative estimate of drug-likeness (QED) is 0.299. The van der Waals surface area contributed by atoms with Crippen molar-refractivity contribution in [1.82, 2.24) is 24.7 Å². The standard InChI is InChI=1S/C29H32N6O3/c1-5-7-21-13-14-31-24(18-21)33-29(37)23-11-9-22(10-12-23)26-27-19(2)30-15-16-35(27)28(34-26)20(3)32-25(36)8-6-17-38-4/h6,8-16,18,20H,5,7,17H2,1-4H3,(H,32,36)(H,31,33,37)/b8-6+/t20-/m0/s1. The molecule has 2 N–H and O–H groups in total. The van der Waals surface area contributed by atoms with Gasteiger partial charge in [-0.15, -0.1) is 0 Å². The molecule has 38 heavy (non-hydrogen) atoms. The van der Waals surface area contributed by atoms with E-state index in [2.05, 4.69) is 27.5 Å². The van der Waals surface area contributed by atoms with Gasteiger partial charge in [-0.1, -0.05) is 31.6 Å². The van der Waals surface area contributed by atoms with E-state index < -0.39 is 0 Å². The molecule has 0 radical (unpaired) electrons. The van der Waals surface area contributed by atoms with E-state index in [1.807, 2.05) is 48.7 Å². The van der Waals surface area contributed by atoms with Crippen LogP contribution in [0.2, 0.25) is 0 Å². The number of carbonyl (C=O) groups is 2. The van der Waals surface area contributed by atoms with Crippen LogP contribution in [0, 0.1) is 6.92 Å². The van der Waals surface area contributed by atoms with Gasteiger partial charge in [-0.2, -0.15) is 0 Å². The fourth-order valence-electron chi connectivity index (χ4n) is 4.26. The van der Waals surface area contributed by atoms with Gasteiger partial charge in [0.05, 0.1) is 29.6 Å². The number of imidazole rings is 1. The zero-order valence-electron chi connectivity index (χ0n) is 22.1. The van der Waals surface area contributed by atoms with Crippen molar-refractivity contribution in [3.8, 4) is 11.3 Å². The molecule has 1 atom stereocenters. The minimum absolute atomic E-state index is 0.233. The van der Waals surface area contributed by atoms with E-state index in [1.165, 1.54) is 6.08 Å². The smallest absolute Gasteiger partial charge is 0.256 e. The maximum atomic E-state index is 12.9. The van der Waals surface area contributed by atoms with Crippen LogP contribution < -0.4 is 10.6 Å². The molecule has 9 heteroatoms. The second-order valence-electron chi connectivity index (χ2n) is 8.97. The summed E-state index contributed by atoms with van der Waals surface area (Å²) in [6, 6.07) is 10.8. The second-order valence-corrected chi connectivity index (χ2v) is 8.97. The normalized spacial score (nSPS) is 12.1. The van der Waals surface area contributed by atoms with Crippen LogP contribution in [0.25, 0.3) is 16.8 Å². The van der Waals surface area contributed by atoms with Crippen molar-refractivity contribution >= 4 is 23.1 Å². The lowest BCUT2D eigenvalue weighted by Gasteiger charge is -2.11. The van der Waals surface area contributed by atoms with Crippen LogP contribution in [-0.4, -0.2) is 44.9 Å². The Labute approximate surface area is 222 Å². The summed E-state index contributed by atoms with van der Waals surface area (Å²) in [5, 5.41) is 5.82. The Morgan fingerprint density at radius 3 is 2.66 bits per heavy atom. The van der Waals surface area contributed by atoms with Crippen LogP contribution in [0.4, 0.5) is 5.82 Å². The molecule has 0 fully saturated rings. The van der Waals surface area contributed by atoms with Gasteiger partial charge in [0.15, 0.2) is 0 Å². The molecule has 3 heterocycles. The Morgan fingerprint density at radius 2 is 1.92 bits per heavy atom. The molecular formula is C29H32N6O3. The van der Waals surface area contributed by atoms with Crippen LogP contribution >= 0.6 is 0 Å². The maximum Gasteiger partial charge on any atom is 0.256 e. The first-order valence-electron chi connectivity index (χ1n) is 12.6. The van der Waals surface area contributed by atoms with E-state index in [-0.39, 0.29) is 17.9 Å². The van der Waals surface area contributed by atoms with Gasteiger partial charge in [0, 0.05) is 42.9 Å².